The predicted molar refractivity (Wildman–Crippen MR) is 67.7 cm³/mol. The number of aromatic nitrogens is 1. The minimum Gasteiger partial charge on any atom is -0.366 e. The Bertz CT molecular complexity index is 618. The second-order valence-electron chi connectivity index (χ2n) is 3.47. The molecular weight excluding hydrogens is 260 g/mol. The Morgan fingerprint density at radius 2 is 2.24 bits per heavy atom. The van der Waals surface area contributed by atoms with Crippen LogP contribution in [-0.4, -0.2) is 10.5 Å². The van der Waals surface area contributed by atoms with Crippen molar-refractivity contribution in [3.8, 4) is 0 Å². The summed E-state index contributed by atoms with van der Waals surface area (Å²) in [6.45, 7) is 0.389. The summed E-state index contributed by atoms with van der Waals surface area (Å²) in [4.78, 5) is 22.3. The Morgan fingerprint density at radius 1 is 1.47 bits per heavy atom. The molecule has 0 spiro atoms. The van der Waals surface area contributed by atoms with Crippen LogP contribution in [0.2, 0.25) is 5.02 Å². The summed E-state index contributed by atoms with van der Waals surface area (Å²) in [6, 6.07) is 4.81. The van der Waals surface area contributed by atoms with E-state index in [0.717, 1.165) is 16.9 Å². The molecule has 1 aromatic carbocycles. The Balaban J connectivity index is 2.32. The van der Waals surface area contributed by atoms with Crippen molar-refractivity contribution in [3.63, 3.8) is 0 Å². The molecule has 2 rings (SSSR count). The molecule has 1 amide bonds. The van der Waals surface area contributed by atoms with Gasteiger partial charge < -0.3 is 10.3 Å². The molecule has 0 aliphatic rings. The van der Waals surface area contributed by atoms with Gasteiger partial charge in [-0.25, -0.2) is 0 Å². The number of nitrogens with zero attached hydrogens (tertiary/aromatic N) is 1. The molecule has 0 bridgehead atoms. The number of carbonyl (C=O) groups excluding carboxylic acids is 1. The number of hydrogen-bond donors (Lipinski definition) is 1. The summed E-state index contributed by atoms with van der Waals surface area (Å²) >= 11 is 7.15. The smallest absolute Gasteiger partial charge is 0.307 e. The van der Waals surface area contributed by atoms with Gasteiger partial charge in [0.05, 0.1) is 6.54 Å². The first-order valence-corrected chi connectivity index (χ1v) is 6.06. The van der Waals surface area contributed by atoms with Gasteiger partial charge in [-0.2, -0.15) is 0 Å². The first kappa shape index (κ1) is 11.9. The maximum absolute atomic E-state index is 11.4. The topological polar surface area (TPSA) is 65.1 Å². The molecule has 0 unspecified atom stereocenters. The molecule has 6 heteroatoms. The molecule has 0 aliphatic carbocycles. The van der Waals surface area contributed by atoms with Gasteiger partial charge >= 0.3 is 4.87 Å². The second kappa shape index (κ2) is 4.73. The van der Waals surface area contributed by atoms with E-state index in [9.17, 15) is 9.59 Å². The minimum absolute atomic E-state index is 0.0416. The van der Waals surface area contributed by atoms with Crippen LogP contribution in [-0.2, 0) is 6.54 Å². The fraction of sp³-hybridized carbons (Fsp3) is 0.0909. The van der Waals surface area contributed by atoms with Gasteiger partial charge in [-0.1, -0.05) is 29.0 Å². The minimum atomic E-state index is -0.522. The quantitative estimate of drug-likeness (QED) is 0.921. The van der Waals surface area contributed by atoms with Gasteiger partial charge in [0.25, 0.3) is 0 Å². The number of rotatable bonds is 3. The number of carbonyl (C=O) groups is 1. The van der Waals surface area contributed by atoms with Crippen molar-refractivity contribution in [2.75, 3.05) is 0 Å². The monoisotopic (exact) mass is 268 g/mol. The largest absolute Gasteiger partial charge is 0.366 e. The highest BCUT2D eigenvalue weighted by molar-refractivity contribution is 7.07. The Morgan fingerprint density at radius 3 is 2.76 bits per heavy atom. The van der Waals surface area contributed by atoms with E-state index in [4.69, 9.17) is 17.3 Å². The molecule has 0 saturated carbocycles. The van der Waals surface area contributed by atoms with Crippen molar-refractivity contribution in [2.45, 2.75) is 6.54 Å². The number of amides is 1. The van der Waals surface area contributed by atoms with Crippen molar-refractivity contribution in [2.24, 2.45) is 5.73 Å². The van der Waals surface area contributed by atoms with Gasteiger partial charge in [0.1, 0.15) is 0 Å². The summed E-state index contributed by atoms with van der Waals surface area (Å²) in [5.74, 6) is -0.522. The summed E-state index contributed by atoms with van der Waals surface area (Å²) in [6.07, 6.45) is 1.70. The maximum Gasteiger partial charge on any atom is 0.307 e. The number of benzene rings is 1. The first-order valence-electron chi connectivity index (χ1n) is 4.80. The van der Waals surface area contributed by atoms with Crippen LogP contribution in [0.5, 0.6) is 0 Å². The summed E-state index contributed by atoms with van der Waals surface area (Å²) in [7, 11) is 0. The lowest BCUT2D eigenvalue weighted by atomic mass is 10.1. The van der Waals surface area contributed by atoms with E-state index >= 15 is 0 Å². The van der Waals surface area contributed by atoms with Crippen molar-refractivity contribution in [1.29, 1.82) is 0 Å². The van der Waals surface area contributed by atoms with E-state index < -0.39 is 5.91 Å². The zero-order valence-electron chi connectivity index (χ0n) is 8.72. The third kappa shape index (κ3) is 2.57. The van der Waals surface area contributed by atoms with Crippen LogP contribution in [0.4, 0.5) is 0 Å². The Kier molecular flexibility index (Phi) is 3.31. The maximum atomic E-state index is 11.4. The number of nitrogens with two attached hydrogens (primary N) is 1. The fourth-order valence-electron chi connectivity index (χ4n) is 1.42. The highest BCUT2D eigenvalue weighted by Crippen LogP contribution is 2.18. The van der Waals surface area contributed by atoms with E-state index in [0.29, 0.717) is 17.1 Å². The molecule has 88 valence electrons. The lowest BCUT2D eigenvalue weighted by Gasteiger charge is -2.05. The third-order valence-electron chi connectivity index (χ3n) is 2.32. The molecule has 2 aromatic rings. The zero-order chi connectivity index (χ0) is 12.4. The molecule has 2 N–H and O–H groups in total. The van der Waals surface area contributed by atoms with Crippen molar-refractivity contribution >= 4 is 28.8 Å². The standard InChI is InChI=1S/C11H9ClN2O2S/c12-9-5-7(10(13)15)1-2-8(9)6-14-3-4-17-11(14)16/h1-5H,6H2,(H2,13,15). The molecule has 1 heterocycles. The zero-order valence-corrected chi connectivity index (χ0v) is 10.3. The number of primary amides is 1. The Labute approximate surface area is 106 Å². The molecule has 0 atom stereocenters. The number of thiazole rings is 1. The van der Waals surface area contributed by atoms with Crippen LogP contribution >= 0.6 is 22.9 Å². The fourth-order valence-corrected chi connectivity index (χ4v) is 2.25. The predicted octanol–water partition coefficient (Wildman–Crippen LogP) is 1.71. The number of halogens is 1. The summed E-state index contributed by atoms with van der Waals surface area (Å²) < 4.78 is 1.55. The molecule has 0 aliphatic heterocycles. The van der Waals surface area contributed by atoms with Gasteiger partial charge in [0, 0.05) is 22.2 Å². The van der Waals surface area contributed by atoms with E-state index in [-0.39, 0.29) is 4.87 Å². The van der Waals surface area contributed by atoms with Crippen LogP contribution in [0, 0.1) is 0 Å². The highest BCUT2D eigenvalue weighted by atomic mass is 35.5. The summed E-state index contributed by atoms with van der Waals surface area (Å²) in [5, 5.41) is 2.15. The lowest BCUT2D eigenvalue weighted by molar-refractivity contribution is 0.100. The molecule has 17 heavy (non-hydrogen) atoms. The average Bonchev–Trinajstić information content (AvgIpc) is 2.67. The van der Waals surface area contributed by atoms with Crippen LogP contribution in [0.25, 0.3) is 0 Å². The van der Waals surface area contributed by atoms with Crippen molar-refractivity contribution < 1.29 is 4.79 Å². The van der Waals surface area contributed by atoms with Crippen LogP contribution in [0.3, 0.4) is 0 Å². The van der Waals surface area contributed by atoms with Gasteiger partial charge in [-0.15, -0.1) is 0 Å². The molecule has 0 radical (unpaired) electrons. The molecule has 0 saturated heterocycles. The number of hydrogen-bond acceptors (Lipinski definition) is 3. The highest BCUT2D eigenvalue weighted by Gasteiger charge is 2.07. The second-order valence-corrected chi connectivity index (χ2v) is 4.73. The molecule has 4 nitrogen and oxygen atoms in total. The van der Waals surface area contributed by atoms with Crippen molar-refractivity contribution in [1.82, 2.24) is 4.57 Å². The first-order chi connectivity index (χ1) is 8.08. The van der Waals surface area contributed by atoms with Gasteiger partial charge in [-0.3, -0.25) is 9.59 Å². The van der Waals surface area contributed by atoms with Gasteiger partial charge in [0.15, 0.2) is 0 Å². The Hall–Kier alpha value is -1.59. The van der Waals surface area contributed by atoms with E-state index in [1.165, 1.54) is 6.07 Å². The summed E-state index contributed by atoms with van der Waals surface area (Å²) in [5.41, 5.74) is 6.27. The average molecular weight is 269 g/mol. The third-order valence-corrected chi connectivity index (χ3v) is 3.37. The normalized spacial score (nSPS) is 10.4. The van der Waals surface area contributed by atoms with Gasteiger partial charge in [0.2, 0.25) is 5.91 Å². The van der Waals surface area contributed by atoms with E-state index in [1.807, 2.05) is 0 Å². The van der Waals surface area contributed by atoms with Crippen LogP contribution in [0.15, 0.2) is 34.6 Å². The van der Waals surface area contributed by atoms with E-state index in [2.05, 4.69) is 0 Å². The molecule has 1 aromatic heterocycles. The van der Waals surface area contributed by atoms with Crippen LogP contribution < -0.4 is 10.6 Å². The van der Waals surface area contributed by atoms with E-state index in [1.54, 1.807) is 28.3 Å². The van der Waals surface area contributed by atoms with Crippen molar-refractivity contribution in [3.05, 3.63) is 55.6 Å². The molecule has 0 fully saturated rings. The molecular formula is C11H9ClN2O2S. The van der Waals surface area contributed by atoms with Crippen LogP contribution in [0.1, 0.15) is 15.9 Å². The lowest BCUT2D eigenvalue weighted by Crippen LogP contribution is -2.14. The van der Waals surface area contributed by atoms with Gasteiger partial charge in [-0.05, 0) is 17.7 Å². The SMILES string of the molecule is NC(=O)c1ccc(Cn2ccsc2=O)c(Cl)c1.